The van der Waals surface area contributed by atoms with Crippen molar-refractivity contribution < 1.29 is 9.53 Å². The Morgan fingerprint density at radius 2 is 1.48 bits per heavy atom. The fraction of sp³-hybridized carbons (Fsp3) is 0.800. The van der Waals surface area contributed by atoms with E-state index in [9.17, 15) is 4.79 Å². The molecular formula is C25H46O2. The lowest BCUT2D eigenvalue weighted by molar-refractivity contribution is -0.146. The minimum Gasteiger partial charge on any atom is -0.459 e. The van der Waals surface area contributed by atoms with Gasteiger partial charge >= 0.3 is 5.97 Å². The van der Waals surface area contributed by atoms with Crippen molar-refractivity contribution in [3.63, 3.8) is 0 Å². The summed E-state index contributed by atoms with van der Waals surface area (Å²) >= 11 is 0. The van der Waals surface area contributed by atoms with E-state index in [-0.39, 0.29) is 12.1 Å². The third kappa shape index (κ3) is 15.7. The second-order valence-electron chi connectivity index (χ2n) is 7.80. The van der Waals surface area contributed by atoms with Crippen molar-refractivity contribution in [2.75, 3.05) is 0 Å². The van der Waals surface area contributed by atoms with Gasteiger partial charge in [-0.1, -0.05) is 90.9 Å². The monoisotopic (exact) mass is 378 g/mol. The van der Waals surface area contributed by atoms with E-state index in [0.29, 0.717) is 5.92 Å². The van der Waals surface area contributed by atoms with E-state index >= 15 is 0 Å². The highest BCUT2D eigenvalue weighted by Gasteiger charge is 2.23. The summed E-state index contributed by atoms with van der Waals surface area (Å²) in [5.41, 5.74) is 0. The Balaban J connectivity index is 4.41. The van der Waals surface area contributed by atoms with Crippen LogP contribution in [0.1, 0.15) is 117 Å². The van der Waals surface area contributed by atoms with E-state index in [0.717, 1.165) is 25.7 Å². The third-order valence-corrected chi connectivity index (χ3v) is 5.31. The van der Waals surface area contributed by atoms with E-state index in [1.165, 1.54) is 76.7 Å². The van der Waals surface area contributed by atoms with Crippen molar-refractivity contribution in [1.29, 1.82) is 0 Å². The van der Waals surface area contributed by atoms with Gasteiger partial charge in [-0.05, 0) is 50.9 Å². The van der Waals surface area contributed by atoms with Crippen LogP contribution in [0, 0.1) is 5.92 Å². The summed E-state index contributed by atoms with van der Waals surface area (Å²) in [6.07, 6.45) is 24.2. The number of carbonyl (C=O) groups is 1. The normalized spacial score (nSPS) is 13.6. The van der Waals surface area contributed by atoms with Crippen molar-refractivity contribution in [2.24, 2.45) is 5.92 Å². The van der Waals surface area contributed by atoms with Crippen LogP contribution in [0.5, 0.6) is 0 Å². The molecule has 0 aromatic rings. The highest BCUT2D eigenvalue weighted by atomic mass is 16.5. The molecule has 2 heteroatoms. The van der Waals surface area contributed by atoms with Gasteiger partial charge in [0.25, 0.3) is 0 Å². The van der Waals surface area contributed by atoms with Crippen molar-refractivity contribution in [1.82, 2.24) is 0 Å². The number of hydrogen-bond donors (Lipinski definition) is 0. The quantitative estimate of drug-likeness (QED) is 0.0980. The number of allylic oxidation sites excluding steroid dienone is 2. The van der Waals surface area contributed by atoms with Gasteiger partial charge in [-0.3, -0.25) is 0 Å². The zero-order valence-electron chi connectivity index (χ0n) is 18.5. The smallest absolute Gasteiger partial charge is 0.330 e. The molecule has 0 aliphatic heterocycles. The van der Waals surface area contributed by atoms with Crippen LogP contribution in [-0.2, 0) is 9.53 Å². The molecule has 27 heavy (non-hydrogen) atoms. The molecule has 0 aliphatic rings. The second-order valence-corrected chi connectivity index (χ2v) is 7.80. The summed E-state index contributed by atoms with van der Waals surface area (Å²) in [5, 5.41) is 0. The SMILES string of the molecule is C=CC(=O)OC(CCCCCCCCC)C(CCC)CCCCC=CCC. The van der Waals surface area contributed by atoms with E-state index in [4.69, 9.17) is 4.74 Å². The summed E-state index contributed by atoms with van der Waals surface area (Å²) in [4.78, 5) is 11.8. The Hall–Kier alpha value is -1.05. The molecule has 0 bridgehead atoms. The van der Waals surface area contributed by atoms with Gasteiger partial charge in [-0.15, -0.1) is 0 Å². The molecule has 0 aromatic carbocycles. The number of rotatable bonds is 19. The van der Waals surface area contributed by atoms with Gasteiger partial charge in [-0.2, -0.15) is 0 Å². The molecule has 0 N–H and O–H groups in total. The average molecular weight is 379 g/mol. The van der Waals surface area contributed by atoms with Crippen molar-refractivity contribution in [3.8, 4) is 0 Å². The molecule has 0 amide bonds. The van der Waals surface area contributed by atoms with Gasteiger partial charge in [0.1, 0.15) is 6.10 Å². The van der Waals surface area contributed by atoms with Crippen LogP contribution < -0.4 is 0 Å². The Bertz CT molecular complexity index is 373. The molecule has 0 aromatic heterocycles. The molecule has 0 aliphatic carbocycles. The van der Waals surface area contributed by atoms with Gasteiger partial charge in [0.15, 0.2) is 0 Å². The predicted octanol–water partition coefficient (Wildman–Crippen LogP) is 8.17. The van der Waals surface area contributed by atoms with Gasteiger partial charge < -0.3 is 4.74 Å². The maximum atomic E-state index is 11.8. The number of carbonyl (C=O) groups excluding carboxylic acids is 1. The van der Waals surface area contributed by atoms with Gasteiger partial charge in [-0.25, -0.2) is 4.79 Å². The molecule has 2 nitrogen and oxygen atoms in total. The van der Waals surface area contributed by atoms with Crippen molar-refractivity contribution >= 4 is 5.97 Å². The Kier molecular flexibility index (Phi) is 18.9. The second kappa shape index (κ2) is 19.7. The van der Waals surface area contributed by atoms with Crippen LogP contribution in [0.4, 0.5) is 0 Å². The van der Waals surface area contributed by atoms with E-state index in [2.05, 4.69) is 39.5 Å². The van der Waals surface area contributed by atoms with E-state index in [1.54, 1.807) is 0 Å². The number of unbranched alkanes of at least 4 members (excludes halogenated alkanes) is 8. The van der Waals surface area contributed by atoms with Crippen LogP contribution in [0.3, 0.4) is 0 Å². The first-order chi connectivity index (χ1) is 13.2. The van der Waals surface area contributed by atoms with Gasteiger partial charge in [0.2, 0.25) is 0 Å². The van der Waals surface area contributed by atoms with Gasteiger partial charge in [0.05, 0.1) is 0 Å². The van der Waals surface area contributed by atoms with Crippen LogP contribution >= 0.6 is 0 Å². The lowest BCUT2D eigenvalue weighted by Gasteiger charge is -2.27. The first kappa shape index (κ1) is 26.0. The number of esters is 1. The molecule has 0 saturated heterocycles. The first-order valence-corrected chi connectivity index (χ1v) is 11.7. The predicted molar refractivity (Wildman–Crippen MR) is 119 cm³/mol. The van der Waals surface area contributed by atoms with Crippen LogP contribution in [0.2, 0.25) is 0 Å². The van der Waals surface area contributed by atoms with Crippen LogP contribution in [0.15, 0.2) is 24.8 Å². The fourth-order valence-corrected chi connectivity index (χ4v) is 3.73. The van der Waals surface area contributed by atoms with Crippen LogP contribution in [-0.4, -0.2) is 12.1 Å². The zero-order chi connectivity index (χ0) is 20.2. The lowest BCUT2D eigenvalue weighted by Crippen LogP contribution is -2.26. The fourth-order valence-electron chi connectivity index (χ4n) is 3.73. The maximum absolute atomic E-state index is 11.8. The minimum atomic E-state index is -0.255. The summed E-state index contributed by atoms with van der Waals surface area (Å²) in [6.45, 7) is 10.2. The first-order valence-electron chi connectivity index (χ1n) is 11.7. The average Bonchev–Trinajstić information content (AvgIpc) is 2.68. The highest BCUT2D eigenvalue weighted by molar-refractivity contribution is 5.81. The third-order valence-electron chi connectivity index (χ3n) is 5.31. The summed E-state index contributed by atoms with van der Waals surface area (Å²) < 4.78 is 5.78. The molecule has 0 heterocycles. The molecular weight excluding hydrogens is 332 g/mol. The van der Waals surface area contributed by atoms with Crippen LogP contribution in [0.25, 0.3) is 0 Å². The maximum Gasteiger partial charge on any atom is 0.330 e. The largest absolute Gasteiger partial charge is 0.459 e. The topological polar surface area (TPSA) is 26.3 Å². The highest BCUT2D eigenvalue weighted by Crippen LogP contribution is 2.26. The molecule has 2 unspecified atom stereocenters. The van der Waals surface area contributed by atoms with Gasteiger partial charge in [0, 0.05) is 6.08 Å². The zero-order valence-corrected chi connectivity index (χ0v) is 18.5. The Labute approximate surface area is 169 Å². The molecule has 0 rings (SSSR count). The summed E-state index contributed by atoms with van der Waals surface area (Å²) in [6, 6.07) is 0. The van der Waals surface area contributed by atoms with E-state index < -0.39 is 0 Å². The summed E-state index contributed by atoms with van der Waals surface area (Å²) in [7, 11) is 0. The Morgan fingerprint density at radius 1 is 0.815 bits per heavy atom. The Morgan fingerprint density at radius 3 is 2.11 bits per heavy atom. The lowest BCUT2D eigenvalue weighted by atomic mass is 9.88. The van der Waals surface area contributed by atoms with E-state index in [1.807, 2.05) is 0 Å². The molecule has 0 saturated carbocycles. The molecule has 0 radical (unpaired) electrons. The van der Waals surface area contributed by atoms with Crippen molar-refractivity contribution in [2.45, 2.75) is 123 Å². The molecule has 0 spiro atoms. The minimum absolute atomic E-state index is 0.0669. The molecule has 158 valence electrons. The standard InChI is InChI=1S/C25H46O2/c1-5-9-11-13-15-17-19-22-24(27-25(26)8-4)23(20-7-3)21-18-16-14-12-10-6-2/h8,10,12,23-24H,4-7,9,11,13-22H2,1-3H3. The molecule has 0 fully saturated rings. The van der Waals surface area contributed by atoms with Crippen molar-refractivity contribution in [3.05, 3.63) is 24.8 Å². The number of hydrogen-bond acceptors (Lipinski definition) is 2. The molecule has 2 atom stereocenters. The summed E-state index contributed by atoms with van der Waals surface area (Å²) in [5.74, 6) is 0.240. The number of ether oxygens (including phenoxy) is 1.